The van der Waals surface area contributed by atoms with Gasteiger partial charge in [-0.25, -0.2) is 17.2 Å². The lowest BCUT2D eigenvalue weighted by atomic mass is 10.2. The summed E-state index contributed by atoms with van der Waals surface area (Å²) >= 11 is 5.96. The highest BCUT2D eigenvalue weighted by Gasteiger charge is 2.20. The minimum Gasteiger partial charge on any atom is -0.321 e. The van der Waals surface area contributed by atoms with Gasteiger partial charge in [0.1, 0.15) is 17.3 Å². The Morgan fingerprint density at radius 2 is 1.81 bits per heavy atom. The Bertz CT molecular complexity index is 931. The molecule has 2 aromatic carbocycles. The first kappa shape index (κ1) is 21.1. The maximum absolute atomic E-state index is 13.6. The molecule has 0 radical (unpaired) electrons. The Morgan fingerprint density at radius 3 is 2.41 bits per heavy atom. The predicted octanol–water partition coefficient (Wildman–Crippen LogP) is 4.11. The highest BCUT2D eigenvalue weighted by Crippen LogP contribution is 2.26. The van der Waals surface area contributed by atoms with Crippen molar-refractivity contribution in [3.63, 3.8) is 0 Å². The standard InChI is InChI=1S/C18H19ClF2N2O3S/c1-12-8-9-13(19)11-16(12)23(27(2,25)26)10-4-7-17(24)22-18-14(20)5-3-6-15(18)21/h3,5-6,8-9,11H,4,7,10H2,1-2H3,(H,22,24). The largest absolute Gasteiger partial charge is 0.321 e. The number of hydrogen-bond acceptors (Lipinski definition) is 3. The van der Waals surface area contributed by atoms with Crippen molar-refractivity contribution in [2.75, 3.05) is 22.4 Å². The number of sulfonamides is 1. The molecule has 0 bridgehead atoms. The molecule has 9 heteroatoms. The van der Waals surface area contributed by atoms with E-state index in [0.29, 0.717) is 16.3 Å². The van der Waals surface area contributed by atoms with E-state index >= 15 is 0 Å². The molecule has 1 amide bonds. The number of amides is 1. The number of para-hydroxylation sites is 1. The van der Waals surface area contributed by atoms with Gasteiger partial charge in [-0.1, -0.05) is 23.7 Å². The molecule has 146 valence electrons. The number of carbonyl (C=O) groups excluding carboxylic acids is 1. The number of aryl methyl sites for hydroxylation is 1. The highest BCUT2D eigenvalue weighted by atomic mass is 35.5. The Morgan fingerprint density at radius 1 is 1.19 bits per heavy atom. The average Bonchev–Trinajstić information content (AvgIpc) is 2.56. The van der Waals surface area contributed by atoms with Crippen LogP contribution in [0.5, 0.6) is 0 Å². The van der Waals surface area contributed by atoms with Crippen molar-refractivity contribution in [1.82, 2.24) is 0 Å². The van der Waals surface area contributed by atoms with Crippen molar-refractivity contribution < 1.29 is 22.0 Å². The second kappa shape index (κ2) is 8.67. The van der Waals surface area contributed by atoms with Gasteiger partial charge in [-0.3, -0.25) is 9.10 Å². The second-order valence-electron chi connectivity index (χ2n) is 6.01. The molecule has 0 heterocycles. The van der Waals surface area contributed by atoms with Crippen LogP contribution in [0.25, 0.3) is 0 Å². The van der Waals surface area contributed by atoms with Gasteiger partial charge >= 0.3 is 0 Å². The molecule has 0 saturated heterocycles. The fourth-order valence-electron chi connectivity index (χ4n) is 2.52. The van der Waals surface area contributed by atoms with Crippen molar-refractivity contribution in [2.45, 2.75) is 19.8 Å². The molecular formula is C18H19ClF2N2O3S. The zero-order chi connectivity index (χ0) is 20.2. The van der Waals surface area contributed by atoms with Crippen LogP contribution in [-0.2, 0) is 14.8 Å². The maximum atomic E-state index is 13.6. The number of rotatable bonds is 7. The van der Waals surface area contributed by atoms with Gasteiger partial charge in [-0.15, -0.1) is 0 Å². The Balaban J connectivity index is 2.06. The van der Waals surface area contributed by atoms with Crippen LogP contribution in [0, 0.1) is 18.6 Å². The van der Waals surface area contributed by atoms with Crippen LogP contribution in [0.4, 0.5) is 20.2 Å². The number of carbonyl (C=O) groups is 1. The molecular weight excluding hydrogens is 398 g/mol. The topological polar surface area (TPSA) is 66.5 Å². The van der Waals surface area contributed by atoms with Gasteiger partial charge in [0, 0.05) is 18.0 Å². The molecule has 0 aromatic heterocycles. The van der Waals surface area contributed by atoms with Crippen LogP contribution in [0.15, 0.2) is 36.4 Å². The fourth-order valence-corrected chi connectivity index (χ4v) is 3.70. The van der Waals surface area contributed by atoms with Crippen molar-refractivity contribution in [3.8, 4) is 0 Å². The van der Waals surface area contributed by atoms with Crippen molar-refractivity contribution in [2.24, 2.45) is 0 Å². The smallest absolute Gasteiger partial charge is 0.232 e. The van der Waals surface area contributed by atoms with E-state index in [4.69, 9.17) is 11.6 Å². The molecule has 0 aliphatic rings. The monoisotopic (exact) mass is 416 g/mol. The lowest BCUT2D eigenvalue weighted by molar-refractivity contribution is -0.116. The van der Waals surface area contributed by atoms with E-state index < -0.39 is 33.3 Å². The van der Waals surface area contributed by atoms with E-state index in [-0.39, 0.29) is 19.4 Å². The third-order valence-corrected chi connectivity index (χ3v) is 5.25. The molecule has 0 spiro atoms. The zero-order valence-electron chi connectivity index (χ0n) is 14.8. The summed E-state index contributed by atoms with van der Waals surface area (Å²) in [6, 6.07) is 8.14. The third-order valence-electron chi connectivity index (χ3n) is 3.83. The SMILES string of the molecule is Cc1ccc(Cl)cc1N(CCCC(=O)Nc1c(F)cccc1F)S(C)(=O)=O. The van der Waals surface area contributed by atoms with E-state index in [1.54, 1.807) is 19.1 Å². The quantitative estimate of drug-likeness (QED) is 0.738. The molecule has 2 aromatic rings. The van der Waals surface area contributed by atoms with E-state index in [9.17, 15) is 22.0 Å². The summed E-state index contributed by atoms with van der Waals surface area (Å²) in [5.41, 5.74) is 0.612. The molecule has 0 atom stereocenters. The number of nitrogens with one attached hydrogen (secondary N) is 1. The summed E-state index contributed by atoms with van der Waals surface area (Å²) in [4.78, 5) is 12.0. The van der Waals surface area contributed by atoms with Gasteiger partial charge in [0.15, 0.2) is 0 Å². The first-order valence-electron chi connectivity index (χ1n) is 8.07. The summed E-state index contributed by atoms with van der Waals surface area (Å²) in [5.74, 6) is -2.37. The molecule has 5 nitrogen and oxygen atoms in total. The van der Waals surface area contributed by atoms with Crippen LogP contribution < -0.4 is 9.62 Å². The molecule has 1 N–H and O–H groups in total. The van der Waals surface area contributed by atoms with Gasteiger partial charge in [0.05, 0.1) is 11.9 Å². The van der Waals surface area contributed by atoms with Crippen molar-refractivity contribution in [1.29, 1.82) is 0 Å². The van der Waals surface area contributed by atoms with Crippen LogP contribution in [-0.4, -0.2) is 27.1 Å². The first-order chi connectivity index (χ1) is 12.6. The highest BCUT2D eigenvalue weighted by molar-refractivity contribution is 7.92. The zero-order valence-corrected chi connectivity index (χ0v) is 16.4. The van der Waals surface area contributed by atoms with Crippen LogP contribution in [0.3, 0.4) is 0 Å². The molecule has 27 heavy (non-hydrogen) atoms. The number of hydrogen-bond donors (Lipinski definition) is 1. The van der Waals surface area contributed by atoms with E-state index in [0.717, 1.165) is 22.7 Å². The summed E-state index contributed by atoms with van der Waals surface area (Å²) < 4.78 is 52.6. The van der Waals surface area contributed by atoms with Gasteiger partial charge in [0.2, 0.25) is 15.9 Å². The minimum atomic E-state index is -3.60. The van der Waals surface area contributed by atoms with Gasteiger partial charge < -0.3 is 5.32 Å². The third kappa shape index (κ3) is 5.64. The van der Waals surface area contributed by atoms with Crippen LogP contribution >= 0.6 is 11.6 Å². The number of benzene rings is 2. The predicted molar refractivity (Wildman–Crippen MR) is 103 cm³/mol. The summed E-state index contributed by atoms with van der Waals surface area (Å²) in [6.07, 6.45) is 1.10. The number of anilines is 2. The van der Waals surface area contributed by atoms with E-state index in [1.807, 2.05) is 0 Å². The van der Waals surface area contributed by atoms with Crippen LogP contribution in [0.2, 0.25) is 5.02 Å². The van der Waals surface area contributed by atoms with E-state index in [2.05, 4.69) is 5.32 Å². The lowest BCUT2D eigenvalue weighted by Crippen LogP contribution is -2.32. The summed E-state index contributed by atoms with van der Waals surface area (Å²) in [7, 11) is -3.60. The molecule has 0 aliphatic heterocycles. The van der Waals surface area contributed by atoms with Gasteiger partial charge in [0.25, 0.3) is 0 Å². The van der Waals surface area contributed by atoms with Gasteiger partial charge in [-0.05, 0) is 43.2 Å². The van der Waals surface area contributed by atoms with Crippen LogP contribution in [0.1, 0.15) is 18.4 Å². The van der Waals surface area contributed by atoms with E-state index in [1.165, 1.54) is 12.1 Å². The molecule has 0 fully saturated rings. The Hall–Kier alpha value is -2.19. The normalized spacial score (nSPS) is 11.3. The number of nitrogens with zero attached hydrogens (tertiary/aromatic N) is 1. The van der Waals surface area contributed by atoms with Gasteiger partial charge in [-0.2, -0.15) is 0 Å². The minimum absolute atomic E-state index is 0.0210. The Kier molecular flexibility index (Phi) is 6.78. The van der Waals surface area contributed by atoms with Crippen molar-refractivity contribution in [3.05, 3.63) is 58.6 Å². The molecule has 0 saturated carbocycles. The second-order valence-corrected chi connectivity index (χ2v) is 8.36. The average molecular weight is 417 g/mol. The maximum Gasteiger partial charge on any atom is 0.232 e. The lowest BCUT2D eigenvalue weighted by Gasteiger charge is -2.24. The molecule has 2 rings (SSSR count). The summed E-state index contributed by atoms with van der Waals surface area (Å²) in [5, 5.41) is 2.56. The summed E-state index contributed by atoms with van der Waals surface area (Å²) in [6.45, 7) is 1.77. The molecule has 0 unspecified atom stereocenters. The fraction of sp³-hybridized carbons (Fsp3) is 0.278. The Labute approximate surface area is 162 Å². The number of halogens is 3. The molecule has 0 aliphatic carbocycles. The van der Waals surface area contributed by atoms with Crippen molar-refractivity contribution >= 4 is 38.9 Å². The first-order valence-corrected chi connectivity index (χ1v) is 10.3.